The van der Waals surface area contributed by atoms with Crippen molar-refractivity contribution in [3.8, 4) is 0 Å². The van der Waals surface area contributed by atoms with Gasteiger partial charge in [-0.3, -0.25) is 14.4 Å². The van der Waals surface area contributed by atoms with Gasteiger partial charge in [0.2, 0.25) is 11.8 Å². The molecule has 0 aliphatic heterocycles. The monoisotopic (exact) mass is 319 g/mol. The average Bonchev–Trinajstić information content (AvgIpc) is 3.07. The lowest BCUT2D eigenvalue weighted by molar-refractivity contribution is -0.123. The van der Waals surface area contributed by atoms with Crippen molar-refractivity contribution in [1.82, 2.24) is 10.6 Å². The van der Waals surface area contributed by atoms with E-state index in [1.54, 1.807) is 12.1 Å². The minimum Gasteiger partial charge on any atom is -0.459 e. The molecule has 1 aromatic carbocycles. The second-order valence-corrected chi connectivity index (χ2v) is 4.46. The lowest BCUT2D eigenvalue weighted by atomic mass is 10.3. The van der Waals surface area contributed by atoms with Crippen LogP contribution in [-0.4, -0.2) is 30.8 Å². The van der Waals surface area contributed by atoms with Crippen LogP contribution >= 0.6 is 0 Å². The molecule has 3 amide bonds. The first-order valence-corrected chi connectivity index (χ1v) is 6.69. The third kappa shape index (κ3) is 4.95. The standard InChI is InChI=1S/C15H14FN3O4/c16-10-4-1-2-5-11(10)19-14(21)9-17-13(20)8-18-15(22)12-6-3-7-23-12/h1-7H,8-9H2,(H,17,20)(H,18,22)(H,19,21). The third-order valence-electron chi connectivity index (χ3n) is 2.75. The second kappa shape index (κ2) is 7.74. The van der Waals surface area contributed by atoms with Gasteiger partial charge in [0.1, 0.15) is 5.82 Å². The Hall–Kier alpha value is -3.16. The fraction of sp³-hybridized carbons (Fsp3) is 0.133. The highest BCUT2D eigenvalue weighted by atomic mass is 19.1. The van der Waals surface area contributed by atoms with Gasteiger partial charge < -0.3 is 20.4 Å². The number of amides is 3. The summed E-state index contributed by atoms with van der Waals surface area (Å²) in [6, 6.07) is 8.67. The van der Waals surface area contributed by atoms with Gasteiger partial charge in [-0.15, -0.1) is 0 Å². The fourth-order valence-corrected chi connectivity index (χ4v) is 1.65. The van der Waals surface area contributed by atoms with E-state index in [0.29, 0.717) is 0 Å². The van der Waals surface area contributed by atoms with Crippen molar-refractivity contribution in [2.75, 3.05) is 18.4 Å². The van der Waals surface area contributed by atoms with E-state index in [4.69, 9.17) is 4.42 Å². The summed E-state index contributed by atoms with van der Waals surface area (Å²) >= 11 is 0. The van der Waals surface area contributed by atoms with Crippen LogP contribution < -0.4 is 16.0 Å². The number of anilines is 1. The highest BCUT2D eigenvalue weighted by molar-refractivity contribution is 5.96. The number of nitrogens with one attached hydrogen (secondary N) is 3. The summed E-state index contributed by atoms with van der Waals surface area (Å²) in [5.74, 6) is -2.18. The van der Waals surface area contributed by atoms with Crippen LogP contribution in [0.4, 0.5) is 10.1 Å². The largest absolute Gasteiger partial charge is 0.459 e. The number of furan rings is 1. The van der Waals surface area contributed by atoms with Gasteiger partial charge in [0.15, 0.2) is 5.76 Å². The Balaban J connectivity index is 1.71. The summed E-state index contributed by atoms with van der Waals surface area (Å²) in [6.07, 6.45) is 1.34. The van der Waals surface area contributed by atoms with Gasteiger partial charge >= 0.3 is 0 Å². The number of hydrogen-bond donors (Lipinski definition) is 3. The third-order valence-corrected chi connectivity index (χ3v) is 2.75. The Morgan fingerprint density at radius 2 is 1.70 bits per heavy atom. The molecule has 0 bridgehead atoms. The quantitative estimate of drug-likeness (QED) is 0.736. The molecule has 7 nitrogen and oxygen atoms in total. The number of carbonyl (C=O) groups is 3. The predicted molar refractivity (Wildman–Crippen MR) is 79.1 cm³/mol. The summed E-state index contributed by atoms with van der Waals surface area (Å²) in [5, 5.41) is 6.96. The predicted octanol–water partition coefficient (Wildman–Crippen LogP) is 0.903. The summed E-state index contributed by atoms with van der Waals surface area (Å²) in [5.41, 5.74) is 0.0258. The summed E-state index contributed by atoms with van der Waals surface area (Å²) in [7, 11) is 0. The van der Waals surface area contributed by atoms with E-state index in [1.165, 1.54) is 30.5 Å². The van der Waals surface area contributed by atoms with Crippen molar-refractivity contribution in [2.24, 2.45) is 0 Å². The molecule has 2 aromatic rings. The van der Waals surface area contributed by atoms with Crippen LogP contribution in [0.1, 0.15) is 10.6 Å². The number of para-hydroxylation sites is 1. The van der Waals surface area contributed by atoms with Crippen LogP contribution in [0.15, 0.2) is 47.1 Å². The number of halogens is 1. The molecule has 0 spiro atoms. The SMILES string of the molecule is O=C(CNC(=O)c1ccco1)NCC(=O)Nc1ccccc1F. The molecular weight excluding hydrogens is 305 g/mol. The van der Waals surface area contributed by atoms with Crippen molar-refractivity contribution in [3.63, 3.8) is 0 Å². The molecule has 0 fully saturated rings. The molecule has 0 saturated carbocycles. The second-order valence-electron chi connectivity index (χ2n) is 4.46. The summed E-state index contributed by atoms with van der Waals surface area (Å²) in [6.45, 7) is -0.656. The Bertz CT molecular complexity index is 701. The van der Waals surface area contributed by atoms with Crippen LogP contribution in [0, 0.1) is 5.82 Å². The molecule has 8 heteroatoms. The normalized spacial score (nSPS) is 9.96. The molecule has 3 N–H and O–H groups in total. The van der Waals surface area contributed by atoms with Gasteiger partial charge in [-0.1, -0.05) is 12.1 Å². The lowest BCUT2D eigenvalue weighted by Crippen LogP contribution is -2.40. The molecule has 0 saturated heterocycles. The maximum absolute atomic E-state index is 13.3. The molecule has 0 aliphatic rings. The van der Waals surface area contributed by atoms with E-state index in [1.807, 2.05) is 0 Å². The molecular formula is C15H14FN3O4. The van der Waals surface area contributed by atoms with E-state index in [9.17, 15) is 18.8 Å². The number of benzene rings is 1. The topological polar surface area (TPSA) is 100 Å². The average molecular weight is 319 g/mol. The molecule has 2 rings (SSSR count). The molecule has 120 valence electrons. The van der Waals surface area contributed by atoms with Crippen molar-refractivity contribution in [3.05, 3.63) is 54.2 Å². The van der Waals surface area contributed by atoms with Crippen LogP contribution in [-0.2, 0) is 9.59 Å². The first-order valence-electron chi connectivity index (χ1n) is 6.69. The smallest absolute Gasteiger partial charge is 0.287 e. The highest BCUT2D eigenvalue weighted by Gasteiger charge is 2.11. The van der Waals surface area contributed by atoms with E-state index in [2.05, 4.69) is 16.0 Å². The zero-order chi connectivity index (χ0) is 16.7. The van der Waals surface area contributed by atoms with Gasteiger partial charge in [0, 0.05) is 0 Å². The minimum atomic E-state index is -0.583. The Kier molecular flexibility index (Phi) is 5.45. The Labute approximate surface area is 130 Å². The van der Waals surface area contributed by atoms with Gasteiger partial charge in [0.25, 0.3) is 5.91 Å². The van der Waals surface area contributed by atoms with E-state index in [0.717, 1.165) is 0 Å². The van der Waals surface area contributed by atoms with Crippen LogP contribution in [0.3, 0.4) is 0 Å². The van der Waals surface area contributed by atoms with E-state index >= 15 is 0 Å². The molecule has 23 heavy (non-hydrogen) atoms. The molecule has 0 atom stereocenters. The summed E-state index contributed by atoms with van der Waals surface area (Å²) < 4.78 is 18.2. The number of hydrogen-bond acceptors (Lipinski definition) is 4. The maximum atomic E-state index is 13.3. The van der Waals surface area contributed by atoms with Crippen molar-refractivity contribution < 1.29 is 23.2 Å². The highest BCUT2D eigenvalue weighted by Crippen LogP contribution is 2.11. The zero-order valence-electron chi connectivity index (χ0n) is 12.0. The first-order chi connectivity index (χ1) is 11.1. The van der Waals surface area contributed by atoms with Gasteiger partial charge in [-0.05, 0) is 24.3 Å². The van der Waals surface area contributed by atoms with Crippen molar-refractivity contribution >= 4 is 23.4 Å². The minimum absolute atomic E-state index is 0.0258. The van der Waals surface area contributed by atoms with Crippen LogP contribution in [0.5, 0.6) is 0 Å². The number of carbonyl (C=O) groups excluding carboxylic acids is 3. The summed E-state index contributed by atoms with van der Waals surface area (Å²) in [4.78, 5) is 34.7. The maximum Gasteiger partial charge on any atom is 0.287 e. The fourth-order valence-electron chi connectivity index (χ4n) is 1.65. The van der Waals surface area contributed by atoms with Crippen molar-refractivity contribution in [1.29, 1.82) is 0 Å². The van der Waals surface area contributed by atoms with Crippen LogP contribution in [0.25, 0.3) is 0 Å². The van der Waals surface area contributed by atoms with Crippen molar-refractivity contribution in [2.45, 2.75) is 0 Å². The van der Waals surface area contributed by atoms with Gasteiger partial charge in [-0.2, -0.15) is 0 Å². The van der Waals surface area contributed by atoms with E-state index < -0.39 is 23.5 Å². The van der Waals surface area contributed by atoms with Crippen LogP contribution in [0.2, 0.25) is 0 Å². The first kappa shape index (κ1) is 16.2. The molecule has 1 heterocycles. The molecule has 0 unspecified atom stereocenters. The lowest BCUT2D eigenvalue weighted by Gasteiger charge is -2.08. The Morgan fingerprint density at radius 1 is 0.957 bits per heavy atom. The molecule has 1 aromatic heterocycles. The van der Waals surface area contributed by atoms with Gasteiger partial charge in [0.05, 0.1) is 25.0 Å². The molecule has 0 radical (unpaired) electrons. The Morgan fingerprint density at radius 3 is 2.39 bits per heavy atom. The zero-order valence-corrected chi connectivity index (χ0v) is 12.0. The number of rotatable bonds is 6. The van der Waals surface area contributed by atoms with E-state index in [-0.39, 0.29) is 24.5 Å². The molecule has 0 aliphatic carbocycles. The van der Waals surface area contributed by atoms with Gasteiger partial charge in [-0.25, -0.2) is 4.39 Å².